The molecule has 164 valence electrons. The summed E-state index contributed by atoms with van der Waals surface area (Å²) in [7, 11) is 0. The molecule has 5 aliphatic rings. The molecule has 2 N–H and O–H groups in total. The number of piperidine rings is 2. The zero-order chi connectivity index (χ0) is 19.3. The van der Waals surface area contributed by atoms with E-state index in [1.165, 1.54) is 38.5 Å². The van der Waals surface area contributed by atoms with Crippen LogP contribution in [0, 0.1) is 29.1 Å². The molecule has 2 bridgehead atoms. The lowest BCUT2D eigenvalue weighted by Gasteiger charge is -2.45. The Hall–Kier alpha value is -0.810. The standard InChI is InChI=1S/C23H37N3O2.ClH/c24-20-16-5-4-6-17(20)14-18(13-16)21(27)26-11-7-23(8-12-26)15-19(23)22(28)25-9-2-1-3-10-25;/h16-20H,1-15,24H2;1H. The first-order chi connectivity index (χ1) is 13.6. The summed E-state index contributed by atoms with van der Waals surface area (Å²) >= 11 is 0. The highest BCUT2D eigenvalue weighted by Gasteiger charge is 2.59. The lowest BCUT2D eigenvalue weighted by Crippen LogP contribution is -2.51. The second-order valence-electron chi connectivity index (χ2n) is 10.5. The molecule has 0 aromatic carbocycles. The highest BCUT2D eigenvalue weighted by Crippen LogP contribution is 2.60. The molecule has 5 rings (SSSR count). The Morgan fingerprint density at radius 3 is 2.00 bits per heavy atom. The summed E-state index contributed by atoms with van der Waals surface area (Å²) in [6.07, 6.45) is 12.5. The van der Waals surface area contributed by atoms with E-state index in [4.69, 9.17) is 5.73 Å². The van der Waals surface area contributed by atoms with Crippen LogP contribution in [0.15, 0.2) is 0 Å². The fraction of sp³-hybridized carbons (Fsp3) is 0.913. The van der Waals surface area contributed by atoms with Crippen LogP contribution in [-0.2, 0) is 9.59 Å². The molecule has 2 aliphatic heterocycles. The fourth-order valence-corrected chi connectivity index (χ4v) is 7.01. The quantitative estimate of drug-likeness (QED) is 0.741. The number of rotatable bonds is 2. The minimum absolute atomic E-state index is 0. The molecule has 0 radical (unpaired) electrons. The van der Waals surface area contributed by atoms with E-state index in [9.17, 15) is 9.59 Å². The number of nitrogens with two attached hydrogens (primary N) is 1. The largest absolute Gasteiger partial charge is 0.342 e. The summed E-state index contributed by atoms with van der Waals surface area (Å²) in [6.45, 7) is 3.64. The normalized spacial score (nSPS) is 38.3. The Bertz CT molecular complexity index is 614. The Morgan fingerprint density at radius 2 is 1.38 bits per heavy atom. The van der Waals surface area contributed by atoms with Gasteiger partial charge < -0.3 is 15.5 Å². The monoisotopic (exact) mass is 423 g/mol. The zero-order valence-electron chi connectivity index (χ0n) is 17.7. The number of carbonyl (C=O) groups is 2. The topological polar surface area (TPSA) is 66.6 Å². The van der Waals surface area contributed by atoms with Crippen molar-refractivity contribution in [3.05, 3.63) is 0 Å². The van der Waals surface area contributed by atoms with Gasteiger partial charge in [-0.05, 0) is 81.5 Å². The number of nitrogens with zero attached hydrogens (tertiary/aromatic N) is 2. The van der Waals surface area contributed by atoms with Crippen molar-refractivity contribution in [1.29, 1.82) is 0 Å². The maximum absolute atomic E-state index is 13.2. The van der Waals surface area contributed by atoms with E-state index in [1.54, 1.807) is 0 Å². The van der Waals surface area contributed by atoms with Crippen LogP contribution in [0.25, 0.3) is 0 Å². The molecular weight excluding hydrogens is 386 g/mol. The van der Waals surface area contributed by atoms with Gasteiger partial charge >= 0.3 is 0 Å². The van der Waals surface area contributed by atoms with Gasteiger partial charge in [0.2, 0.25) is 11.8 Å². The molecule has 2 heterocycles. The number of amides is 2. The average molecular weight is 424 g/mol. The third-order valence-electron chi connectivity index (χ3n) is 8.99. The Balaban J connectivity index is 0.00000205. The lowest BCUT2D eigenvalue weighted by molar-refractivity contribution is -0.140. The first kappa shape index (κ1) is 21.4. The number of hydrogen-bond donors (Lipinski definition) is 1. The molecule has 29 heavy (non-hydrogen) atoms. The van der Waals surface area contributed by atoms with Crippen LogP contribution in [0.1, 0.15) is 70.6 Å². The van der Waals surface area contributed by atoms with Crippen molar-refractivity contribution < 1.29 is 9.59 Å². The van der Waals surface area contributed by atoms with Crippen molar-refractivity contribution in [3.63, 3.8) is 0 Å². The van der Waals surface area contributed by atoms with Gasteiger partial charge in [0.25, 0.3) is 0 Å². The van der Waals surface area contributed by atoms with Crippen LogP contribution in [-0.4, -0.2) is 53.8 Å². The molecule has 0 aromatic heterocycles. The van der Waals surface area contributed by atoms with Crippen LogP contribution in [0.4, 0.5) is 0 Å². The lowest BCUT2D eigenvalue weighted by atomic mass is 9.65. The van der Waals surface area contributed by atoms with E-state index < -0.39 is 0 Å². The Morgan fingerprint density at radius 1 is 0.793 bits per heavy atom. The highest BCUT2D eigenvalue weighted by atomic mass is 35.5. The summed E-state index contributed by atoms with van der Waals surface area (Å²) in [4.78, 5) is 30.3. The maximum Gasteiger partial charge on any atom is 0.226 e. The number of carbonyl (C=O) groups excluding carboxylic acids is 2. The van der Waals surface area contributed by atoms with Gasteiger partial charge in [0, 0.05) is 44.1 Å². The predicted octanol–water partition coefficient (Wildman–Crippen LogP) is 3.20. The van der Waals surface area contributed by atoms with Crippen molar-refractivity contribution >= 4 is 24.2 Å². The second kappa shape index (κ2) is 8.37. The molecule has 5 nitrogen and oxygen atoms in total. The van der Waals surface area contributed by atoms with E-state index in [0.717, 1.165) is 58.3 Å². The van der Waals surface area contributed by atoms with E-state index in [-0.39, 0.29) is 29.7 Å². The predicted molar refractivity (Wildman–Crippen MR) is 116 cm³/mol. The molecule has 0 aromatic rings. The second-order valence-corrected chi connectivity index (χ2v) is 10.5. The van der Waals surface area contributed by atoms with Gasteiger partial charge in [-0.1, -0.05) is 6.42 Å². The van der Waals surface area contributed by atoms with Gasteiger partial charge in [0.1, 0.15) is 0 Å². The number of halogens is 1. The number of likely N-dealkylation sites (tertiary alicyclic amines) is 2. The Kier molecular flexibility index (Phi) is 6.19. The summed E-state index contributed by atoms with van der Waals surface area (Å²) < 4.78 is 0. The van der Waals surface area contributed by atoms with Crippen molar-refractivity contribution in [2.45, 2.75) is 76.7 Å². The Labute approximate surface area is 181 Å². The molecule has 3 atom stereocenters. The van der Waals surface area contributed by atoms with Crippen molar-refractivity contribution in [3.8, 4) is 0 Å². The molecule has 2 saturated heterocycles. The van der Waals surface area contributed by atoms with Gasteiger partial charge in [0.05, 0.1) is 0 Å². The van der Waals surface area contributed by atoms with E-state index >= 15 is 0 Å². The molecular formula is C23H38ClN3O2. The van der Waals surface area contributed by atoms with Crippen LogP contribution in [0.5, 0.6) is 0 Å². The van der Waals surface area contributed by atoms with E-state index in [2.05, 4.69) is 9.80 Å². The summed E-state index contributed by atoms with van der Waals surface area (Å²) in [5.74, 6) is 2.37. The third-order valence-corrected chi connectivity index (χ3v) is 8.99. The summed E-state index contributed by atoms with van der Waals surface area (Å²) in [5.41, 5.74) is 6.63. The number of fused-ring (bicyclic) bond motifs is 2. The number of hydrogen-bond acceptors (Lipinski definition) is 3. The van der Waals surface area contributed by atoms with E-state index in [1.807, 2.05) is 0 Å². The first-order valence-electron chi connectivity index (χ1n) is 11.9. The van der Waals surface area contributed by atoms with Crippen LogP contribution >= 0.6 is 12.4 Å². The molecule has 5 fully saturated rings. The molecule has 3 unspecified atom stereocenters. The fourth-order valence-electron chi connectivity index (χ4n) is 7.01. The molecule has 2 amide bonds. The van der Waals surface area contributed by atoms with Crippen molar-refractivity contribution in [2.24, 2.45) is 34.8 Å². The molecule has 3 aliphatic carbocycles. The van der Waals surface area contributed by atoms with Crippen molar-refractivity contribution in [1.82, 2.24) is 9.80 Å². The van der Waals surface area contributed by atoms with Crippen molar-refractivity contribution in [2.75, 3.05) is 26.2 Å². The minimum Gasteiger partial charge on any atom is -0.342 e. The summed E-state index contributed by atoms with van der Waals surface area (Å²) in [6, 6.07) is 0.329. The van der Waals surface area contributed by atoms with E-state index in [0.29, 0.717) is 29.7 Å². The SMILES string of the molecule is Cl.NC1C2CCCC1CC(C(=O)N1CCC3(CC1)CC3C(=O)N1CCCCC1)C2. The van der Waals surface area contributed by atoms with Crippen LogP contribution in [0.2, 0.25) is 0 Å². The maximum atomic E-state index is 13.2. The molecule has 1 spiro atoms. The molecule has 6 heteroatoms. The van der Waals surface area contributed by atoms with Crippen LogP contribution in [0.3, 0.4) is 0 Å². The van der Waals surface area contributed by atoms with Gasteiger partial charge in [-0.2, -0.15) is 0 Å². The third kappa shape index (κ3) is 3.94. The van der Waals surface area contributed by atoms with Gasteiger partial charge in [0.15, 0.2) is 0 Å². The average Bonchev–Trinajstić information content (AvgIpc) is 3.41. The minimum atomic E-state index is 0. The highest BCUT2D eigenvalue weighted by molar-refractivity contribution is 5.85. The first-order valence-corrected chi connectivity index (χ1v) is 11.9. The summed E-state index contributed by atoms with van der Waals surface area (Å²) in [5, 5.41) is 0. The van der Waals surface area contributed by atoms with Gasteiger partial charge in [-0.3, -0.25) is 9.59 Å². The van der Waals surface area contributed by atoms with Crippen LogP contribution < -0.4 is 5.73 Å². The van der Waals surface area contributed by atoms with Gasteiger partial charge in [-0.15, -0.1) is 12.4 Å². The van der Waals surface area contributed by atoms with Gasteiger partial charge in [-0.25, -0.2) is 0 Å². The zero-order valence-corrected chi connectivity index (χ0v) is 18.5. The smallest absolute Gasteiger partial charge is 0.226 e. The molecule has 3 saturated carbocycles.